The molecule has 1 saturated carbocycles. The number of likely N-dealkylation sites (tertiary alicyclic amines) is 1. The minimum Gasteiger partial charge on any atom is -0.494 e. The lowest BCUT2D eigenvalue weighted by Gasteiger charge is -2.42. The highest BCUT2D eigenvalue weighted by atomic mass is 33.1. The van der Waals surface area contributed by atoms with Crippen molar-refractivity contribution in [3.63, 3.8) is 0 Å². The van der Waals surface area contributed by atoms with Crippen LogP contribution >= 0.6 is 21.6 Å². The first-order valence-corrected chi connectivity index (χ1v) is 27.4. The minimum atomic E-state index is -3.59. The molecule has 0 spiro atoms. The van der Waals surface area contributed by atoms with Crippen LogP contribution in [-0.4, -0.2) is 137 Å². The minimum absolute atomic E-state index is 0.0241. The number of rotatable bonds is 19. The third-order valence-corrected chi connectivity index (χ3v) is 18.1. The smallest absolute Gasteiger partial charge is 0.317 e. The fourth-order valence-corrected chi connectivity index (χ4v) is 13.1. The Balaban J connectivity index is 0.756. The summed E-state index contributed by atoms with van der Waals surface area (Å²) in [7, 11) is -0.533. The number of sulfone groups is 1. The van der Waals surface area contributed by atoms with Crippen LogP contribution in [0.4, 0.5) is 14.9 Å². The van der Waals surface area contributed by atoms with Crippen molar-refractivity contribution in [1.82, 2.24) is 30.4 Å². The number of aromatic nitrogens is 1. The Morgan fingerprint density at radius 3 is 2.46 bits per heavy atom. The number of aliphatic carboxylic acids is 1. The molecule has 3 unspecified atom stereocenters. The molecule has 4 heterocycles. The highest BCUT2D eigenvalue weighted by Gasteiger charge is 2.52. The lowest BCUT2D eigenvalue weighted by molar-refractivity contribution is -0.137. The molecule has 3 aliphatic heterocycles. The van der Waals surface area contributed by atoms with E-state index in [2.05, 4.69) is 31.0 Å². The first kappa shape index (κ1) is 51.6. The lowest BCUT2D eigenvalue weighted by atomic mass is 10.0. The van der Waals surface area contributed by atoms with E-state index in [1.807, 2.05) is 37.8 Å². The van der Waals surface area contributed by atoms with Crippen molar-refractivity contribution in [2.75, 3.05) is 62.7 Å². The molecular weight excluding hydrogens is 948 g/mol. The molecule has 4 aliphatic rings. The predicted octanol–water partition coefficient (Wildman–Crippen LogP) is 5.91. The number of carboxylic acid groups (broad SMARTS) is 1. The van der Waals surface area contributed by atoms with E-state index in [0.717, 1.165) is 31.5 Å². The zero-order valence-electron chi connectivity index (χ0n) is 39.2. The van der Waals surface area contributed by atoms with Crippen LogP contribution in [-0.2, 0) is 35.6 Å². The summed E-state index contributed by atoms with van der Waals surface area (Å²) >= 11 is 0. The standard InChI is InChI=1S/C48H61FN8O9S3/c1-31-44(33-6-4-16-50-29-33)45(31)46(62)52-34-9-8-32(38(49)26-34)30-51-47(63)57-17-12-35(13-18-57)55-19-21-56(22-20-55)42(59)14-24-67-68-48(2,3)28-41(58)54-53-39-15-25-69(64,65)40-27-36(10-11-37(39)40)66-23-5-7-43(60)61/h4,6,8-11,16,26-27,29,31,35,44-45H,5,7,12-15,17-25,28,30H2,1-3H3,(H,51,63)(H,52,62)(H,54,58)(H,60,61)/b53-39+. The zero-order valence-corrected chi connectivity index (χ0v) is 41.6. The second-order valence-corrected chi connectivity index (χ2v) is 23.7. The Kier molecular flexibility index (Phi) is 17.3. The molecule has 4 N–H and O–H groups in total. The van der Waals surface area contributed by atoms with Gasteiger partial charge in [0.15, 0.2) is 9.84 Å². The Bertz CT molecular complexity index is 2500. The fourth-order valence-electron chi connectivity index (χ4n) is 9.16. The topological polar surface area (TPSA) is 220 Å². The van der Waals surface area contributed by atoms with Crippen LogP contribution in [0.2, 0.25) is 0 Å². The van der Waals surface area contributed by atoms with Crippen LogP contribution in [0.5, 0.6) is 5.75 Å². The summed E-state index contributed by atoms with van der Waals surface area (Å²) in [4.78, 5) is 73.2. The van der Waals surface area contributed by atoms with E-state index in [4.69, 9.17) is 9.84 Å². The summed E-state index contributed by atoms with van der Waals surface area (Å²) in [5, 5.41) is 18.8. The lowest BCUT2D eigenvalue weighted by Crippen LogP contribution is -2.55. The van der Waals surface area contributed by atoms with Crippen molar-refractivity contribution >= 4 is 72.5 Å². The normalized spacial score (nSPS) is 21.0. The van der Waals surface area contributed by atoms with Gasteiger partial charge in [0.05, 0.1) is 23.0 Å². The van der Waals surface area contributed by atoms with Crippen molar-refractivity contribution in [2.24, 2.45) is 16.9 Å². The molecule has 372 valence electrons. The molecule has 69 heavy (non-hydrogen) atoms. The van der Waals surface area contributed by atoms with Gasteiger partial charge in [-0.2, -0.15) is 5.10 Å². The van der Waals surface area contributed by atoms with Gasteiger partial charge in [0.25, 0.3) is 0 Å². The quantitative estimate of drug-likeness (QED) is 0.0625. The molecule has 21 heteroatoms. The summed E-state index contributed by atoms with van der Waals surface area (Å²) in [6.07, 6.45) is 5.95. The second-order valence-electron chi connectivity index (χ2n) is 18.5. The van der Waals surface area contributed by atoms with Crippen LogP contribution < -0.4 is 20.8 Å². The number of hydrogen-bond acceptors (Lipinski definition) is 13. The van der Waals surface area contributed by atoms with Gasteiger partial charge in [-0.1, -0.05) is 40.6 Å². The highest BCUT2D eigenvalue weighted by molar-refractivity contribution is 8.77. The summed E-state index contributed by atoms with van der Waals surface area (Å²) in [6.45, 7) is 9.97. The maximum atomic E-state index is 15.1. The number of piperidine rings is 1. The molecule has 0 bridgehead atoms. The molecule has 3 fully saturated rings. The zero-order chi connectivity index (χ0) is 49.3. The third-order valence-electron chi connectivity index (χ3n) is 13.0. The number of nitrogens with zero attached hydrogens (tertiary/aromatic N) is 5. The van der Waals surface area contributed by atoms with Gasteiger partial charge in [-0.05, 0) is 81.0 Å². The fraction of sp³-hybridized carbons (Fsp3) is 0.521. The maximum Gasteiger partial charge on any atom is 0.317 e. The van der Waals surface area contributed by atoms with Gasteiger partial charge in [-0.3, -0.25) is 29.1 Å². The highest BCUT2D eigenvalue weighted by Crippen LogP contribution is 2.54. The average molecular weight is 1010 g/mol. The number of halogens is 1. The molecule has 5 amide bonds. The molecule has 1 aliphatic carbocycles. The van der Waals surface area contributed by atoms with Gasteiger partial charge in [0, 0.05) is 129 Å². The van der Waals surface area contributed by atoms with E-state index in [9.17, 15) is 32.4 Å². The van der Waals surface area contributed by atoms with Gasteiger partial charge < -0.3 is 30.3 Å². The molecule has 7 rings (SSSR count). The van der Waals surface area contributed by atoms with Crippen LogP contribution in [0.1, 0.15) is 88.3 Å². The number of carbonyl (C=O) groups is 5. The average Bonchev–Trinajstić information content (AvgIpc) is 4.01. The number of anilines is 1. The number of piperazine rings is 1. The number of amides is 5. The number of urea groups is 1. The monoisotopic (exact) mass is 1010 g/mol. The van der Waals surface area contributed by atoms with E-state index in [0.29, 0.717) is 72.7 Å². The van der Waals surface area contributed by atoms with Crippen LogP contribution in [0.25, 0.3) is 0 Å². The second kappa shape index (κ2) is 23.1. The van der Waals surface area contributed by atoms with Gasteiger partial charge in [0.2, 0.25) is 17.7 Å². The van der Waals surface area contributed by atoms with Gasteiger partial charge in [0.1, 0.15) is 11.6 Å². The number of pyridine rings is 1. The summed E-state index contributed by atoms with van der Waals surface area (Å²) in [6, 6.07) is 13.0. The Labute approximate surface area is 410 Å². The van der Waals surface area contributed by atoms with Crippen molar-refractivity contribution in [3.05, 3.63) is 83.4 Å². The number of benzene rings is 2. The number of fused-ring (bicyclic) bond motifs is 1. The summed E-state index contributed by atoms with van der Waals surface area (Å²) in [5.41, 5.74) is 5.14. The van der Waals surface area contributed by atoms with E-state index >= 15 is 4.39 Å². The molecule has 2 aromatic carbocycles. The van der Waals surface area contributed by atoms with Gasteiger partial charge in [-0.25, -0.2) is 23.0 Å². The molecular formula is C48H61FN8O9S3. The Morgan fingerprint density at radius 1 is 0.986 bits per heavy atom. The Hall–Kier alpha value is -5.25. The first-order valence-electron chi connectivity index (χ1n) is 23.4. The van der Waals surface area contributed by atoms with E-state index < -0.39 is 26.4 Å². The molecule has 1 aromatic heterocycles. The first-order chi connectivity index (χ1) is 33.0. The third kappa shape index (κ3) is 14.0. The van der Waals surface area contributed by atoms with Crippen molar-refractivity contribution < 1.29 is 46.6 Å². The van der Waals surface area contributed by atoms with E-state index in [-0.39, 0.29) is 91.0 Å². The van der Waals surface area contributed by atoms with Crippen LogP contribution in [0, 0.1) is 17.7 Å². The largest absolute Gasteiger partial charge is 0.494 e. The van der Waals surface area contributed by atoms with Crippen LogP contribution in [0.3, 0.4) is 0 Å². The van der Waals surface area contributed by atoms with Crippen molar-refractivity contribution in [2.45, 2.75) is 93.9 Å². The number of hydrazone groups is 1. The number of carbonyl (C=O) groups excluding carboxylic acids is 4. The van der Waals surface area contributed by atoms with E-state index in [1.165, 1.54) is 33.7 Å². The number of carboxylic acids is 1. The predicted molar refractivity (Wildman–Crippen MR) is 263 cm³/mol. The van der Waals surface area contributed by atoms with Gasteiger partial charge >= 0.3 is 12.0 Å². The number of ether oxygens (including phenoxy) is 1. The summed E-state index contributed by atoms with van der Waals surface area (Å²) < 4.78 is 45.9. The van der Waals surface area contributed by atoms with E-state index in [1.54, 1.807) is 41.6 Å². The van der Waals surface area contributed by atoms with Gasteiger partial charge in [-0.15, -0.1) is 0 Å². The number of nitrogens with one attached hydrogen (secondary N) is 3. The molecule has 0 radical (unpaired) electrons. The maximum absolute atomic E-state index is 15.1. The molecule has 2 saturated heterocycles. The number of hydrogen-bond donors (Lipinski definition) is 4. The molecule has 3 aromatic rings. The molecule has 17 nitrogen and oxygen atoms in total. The Morgan fingerprint density at radius 2 is 1.75 bits per heavy atom. The summed E-state index contributed by atoms with van der Waals surface area (Å²) in [5.74, 6) is -1.05. The SMILES string of the molecule is CC1C(C(=O)Nc2ccc(CNC(=O)N3CCC(N4CCN(C(=O)CCSSC(C)(C)CC(=O)N/N=C5\CCS(=O)(=O)c6cc(OCCCC(=O)O)ccc65)CC4)CC3)c(F)c2)C1c1cccnc1. The van der Waals surface area contributed by atoms with Crippen LogP contribution in [0.15, 0.2) is 70.9 Å². The molecule has 3 atom stereocenters. The van der Waals surface area contributed by atoms with Crippen molar-refractivity contribution in [3.8, 4) is 5.75 Å². The van der Waals surface area contributed by atoms with Crippen molar-refractivity contribution in [1.29, 1.82) is 0 Å².